The Hall–Kier alpha value is -5.72. The van der Waals surface area contributed by atoms with Crippen LogP contribution in [0.15, 0.2) is 97.1 Å². The summed E-state index contributed by atoms with van der Waals surface area (Å²) in [4.78, 5) is 60.9. The lowest BCUT2D eigenvalue weighted by molar-refractivity contribution is -0.202. The van der Waals surface area contributed by atoms with Crippen molar-refractivity contribution in [3.63, 3.8) is 0 Å². The van der Waals surface area contributed by atoms with E-state index in [-0.39, 0.29) is 19.0 Å². The van der Waals surface area contributed by atoms with Gasteiger partial charge in [-0.1, -0.05) is 97.1 Å². The molecule has 0 heterocycles. The van der Waals surface area contributed by atoms with Gasteiger partial charge in [-0.15, -0.1) is 0 Å². The van der Waals surface area contributed by atoms with Gasteiger partial charge in [0.2, 0.25) is 11.8 Å². The molecule has 0 saturated carbocycles. The highest BCUT2D eigenvalue weighted by Crippen LogP contribution is 2.26. The van der Waals surface area contributed by atoms with Gasteiger partial charge < -0.3 is 26.0 Å². The Morgan fingerprint density at radius 3 is 2.08 bits per heavy atom. The fourth-order valence-corrected chi connectivity index (χ4v) is 4.92. The van der Waals surface area contributed by atoms with Crippen molar-refractivity contribution in [1.82, 2.24) is 21.3 Å². The lowest BCUT2D eigenvalue weighted by atomic mass is 9.99. The quantitative estimate of drug-likeness (QED) is 0.121. The van der Waals surface area contributed by atoms with Crippen molar-refractivity contribution in [3.8, 4) is 11.1 Å². The standard InChI is InChI=1S/C35H33F3N4O6/c1-22(27-13-7-11-25-10-5-6-12-28(25)27)41-34(47)39-19-18-30(43)40-21-31(44)42-29(20-32(45)48-33(46)35(36,37)38)26-16-14-24(15-17-26)23-8-3-2-4-9-23/h2-17,22,29H,18-21H2,1H3,(H,40,43)(H,42,44)(H2,39,41,47). The van der Waals surface area contributed by atoms with E-state index >= 15 is 0 Å². The number of ether oxygens (including phenoxy) is 1. The Morgan fingerprint density at radius 1 is 0.729 bits per heavy atom. The molecule has 0 aromatic heterocycles. The summed E-state index contributed by atoms with van der Waals surface area (Å²) >= 11 is 0. The van der Waals surface area contributed by atoms with Crippen LogP contribution in [-0.2, 0) is 23.9 Å². The molecule has 0 fully saturated rings. The maximum absolute atomic E-state index is 12.7. The minimum absolute atomic E-state index is 0.0307. The number of nitrogens with one attached hydrogen (secondary N) is 4. The Morgan fingerprint density at radius 2 is 1.38 bits per heavy atom. The van der Waals surface area contributed by atoms with Gasteiger partial charge in [-0.05, 0) is 39.9 Å². The molecule has 2 unspecified atom stereocenters. The molecule has 48 heavy (non-hydrogen) atoms. The normalized spacial score (nSPS) is 12.3. The third-order valence-corrected chi connectivity index (χ3v) is 7.29. The van der Waals surface area contributed by atoms with Crippen LogP contribution >= 0.6 is 0 Å². The Bertz CT molecular complexity index is 1760. The zero-order valence-corrected chi connectivity index (χ0v) is 25.8. The smallest absolute Gasteiger partial charge is 0.386 e. The highest BCUT2D eigenvalue weighted by molar-refractivity contribution is 5.90. The van der Waals surface area contributed by atoms with Gasteiger partial charge in [0.15, 0.2) is 0 Å². The first-order chi connectivity index (χ1) is 22.9. The largest absolute Gasteiger partial charge is 0.491 e. The van der Waals surface area contributed by atoms with Crippen LogP contribution in [0.3, 0.4) is 0 Å². The van der Waals surface area contributed by atoms with E-state index < -0.39 is 55.0 Å². The molecule has 250 valence electrons. The fourth-order valence-electron chi connectivity index (χ4n) is 4.92. The number of alkyl halides is 3. The number of rotatable bonds is 12. The number of hydrogen-bond acceptors (Lipinski definition) is 6. The SMILES string of the molecule is CC(NC(=O)NCCC(=O)NCC(=O)NC(CC(=O)OC(=O)C(F)(F)F)c1ccc(-c2ccccc2)cc1)c1cccc2ccccc12. The van der Waals surface area contributed by atoms with Crippen molar-refractivity contribution in [3.05, 3.63) is 108 Å². The second-order valence-corrected chi connectivity index (χ2v) is 10.8. The highest BCUT2D eigenvalue weighted by Gasteiger charge is 2.42. The molecular formula is C35H33F3N4O6. The van der Waals surface area contributed by atoms with E-state index in [1.165, 1.54) is 0 Å². The van der Waals surface area contributed by atoms with Gasteiger partial charge in [0, 0.05) is 13.0 Å². The number of halogens is 3. The van der Waals surface area contributed by atoms with Crippen LogP contribution in [-0.4, -0.2) is 49.0 Å². The number of amides is 4. The molecule has 0 radical (unpaired) electrons. The van der Waals surface area contributed by atoms with Gasteiger partial charge in [-0.25, -0.2) is 9.59 Å². The van der Waals surface area contributed by atoms with E-state index in [0.29, 0.717) is 5.56 Å². The first kappa shape index (κ1) is 35.1. The molecule has 0 aliphatic heterocycles. The molecule has 4 aromatic carbocycles. The number of carbonyl (C=O) groups excluding carboxylic acids is 5. The second-order valence-electron chi connectivity index (χ2n) is 10.8. The average molecular weight is 663 g/mol. The van der Waals surface area contributed by atoms with Gasteiger partial charge >= 0.3 is 24.1 Å². The predicted octanol–water partition coefficient (Wildman–Crippen LogP) is 5.25. The third-order valence-electron chi connectivity index (χ3n) is 7.29. The van der Waals surface area contributed by atoms with E-state index in [4.69, 9.17) is 0 Å². The zero-order chi connectivity index (χ0) is 34.7. The Kier molecular flexibility index (Phi) is 11.9. The van der Waals surface area contributed by atoms with Crippen LogP contribution in [0.1, 0.15) is 43.0 Å². The van der Waals surface area contributed by atoms with Crippen molar-refractivity contribution >= 4 is 40.6 Å². The van der Waals surface area contributed by atoms with Gasteiger partial charge in [0.25, 0.3) is 0 Å². The van der Waals surface area contributed by atoms with Crippen molar-refractivity contribution in [2.45, 2.75) is 38.0 Å². The first-order valence-corrected chi connectivity index (χ1v) is 15.0. The molecule has 4 amide bonds. The molecule has 0 spiro atoms. The number of esters is 2. The van der Waals surface area contributed by atoms with E-state index in [1.807, 2.05) is 79.7 Å². The lowest BCUT2D eigenvalue weighted by Crippen LogP contribution is -2.41. The summed E-state index contributed by atoms with van der Waals surface area (Å²) in [5.41, 5.74) is 2.96. The number of urea groups is 1. The van der Waals surface area contributed by atoms with Gasteiger partial charge in [0.05, 0.1) is 25.0 Å². The summed E-state index contributed by atoms with van der Waals surface area (Å²) in [6.07, 6.45) is -6.32. The van der Waals surface area contributed by atoms with Crippen molar-refractivity contribution < 1.29 is 41.9 Å². The van der Waals surface area contributed by atoms with E-state index in [1.54, 1.807) is 24.3 Å². The lowest BCUT2D eigenvalue weighted by Gasteiger charge is -2.19. The monoisotopic (exact) mass is 662 g/mol. The number of hydrogen-bond donors (Lipinski definition) is 4. The van der Waals surface area contributed by atoms with Gasteiger partial charge in [-0.2, -0.15) is 13.2 Å². The molecule has 4 aromatic rings. The molecule has 2 atom stereocenters. The molecule has 10 nitrogen and oxygen atoms in total. The van der Waals surface area contributed by atoms with E-state index in [9.17, 15) is 37.1 Å². The number of carbonyl (C=O) groups is 5. The van der Waals surface area contributed by atoms with Crippen LogP contribution in [0.25, 0.3) is 21.9 Å². The molecular weight excluding hydrogens is 629 g/mol. The topological polar surface area (TPSA) is 143 Å². The molecule has 13 heteroatoms. The summed E-state index contributed by atoms with van der Waals surface area (Å²) in [5, 5.41) is 12.3. The summed E-state index contributed by atoms with van der Waals surface area (Å²) in [6, 6.07) is 27.4. The highest BCUT2D eigenvalue weighted by atomic mass is 19.4. The minimum atomic E-state index is -5.37. The summed E-state index contributed by atoms with van der Waals surface area (Å²) in [7, 11) is 0. The molecule has 0 aliphatic rings. The van der Waals surface area contributed by atoms with Crippen LogP contribution in [0, 0.1) is 0 Å². The third kappa shape index (κ3) is 10.1. The molecule has 0 saturated heterocycles. The van der Waals surface area contributed by atoms with Crippen LogP contribution in [0.2, 0.25) is 0 Å². The van der Waals surface area contributed by atoms with Crippen LogP contribution in [0.5, 0.6) is 0 Å². The summed E-state index contributed by atoms with van der Waals surface area (Å²) < 4.78 is 41.7. The summed E-state index contributed by atoms with van der Waals surface area (Å²) in [6.45, 7) is 1.28. The molecule has 4 N–H and O–H groups in total. The van der Waals surface area contributed by atoms with E-state index in [0.717, 1.165) is 27.5 Å². The van der Waals surface area contributed by atoms with Crippen molar-refractivity contribution in [2.75, 3.05) is 13.1 Å². The Balaban J connectivity index is 1.28. The zero-order valence-electron chi connectivity index (χ0n) is 25.8. The number of benzene rings is 4. The van der Waals surface area contributed by atoms with E-state index in [2.05, 4.69) is 26.0 Å². The summed E-state index contributed by atoms with van der Waals surface area (Å²) in [5.74, 6) is -5.50. The Labute approximate surface area is 274 Å². The predicted molar refractivity (Wildman–Crippen MR) is 171 cm³/mol. The molecule has 0 aliphatic carbocycles. The fraction of sp³-hybridized carbons (Fsp3) is 0.229. The number of fused-ring (bicyclic) bond motifs is 1. The maximum atomic E-state index is 12.7. The van der Waals surface area contributed by atoms with Crippen LogP contribution < -0.4 is 21.3 Å². The molecule has 4 rings (SSSR count). The van der Waals surface area contributed by atoms with Crippen molar-refractivity contribution in [1.29, 1.82) is 0 Å². The first-order valence-electron chi connectivity index (χ1n) is 15.0. The van der Waals surface area contributed by atoms with Crippen LogP contribution in [0.4, 0.5) is 18.0 Å². The van der Waals surface area contributed by atoms with Crippen molar-refractivity contribution in [2.24, 2.45) is 0 Å². The molecule has 0 bridgehead atoms. The minimum Gasteiger partial charge on any atom is -0.386 e. The average Bonchev–Trinajstić information content (AvgIpc) is 3.06. The second kappa shape index (κ2) is 16.2. The van der Waals surface area contributed by atoms with Gasteiger partial charge in [0.1, 0.15) is 0 Å². The maximum Gasteiger partial charge on any atom is 0.491 e. The van der Waals surface area contributed by atoms with Gasteiger partial charge in [-0.3, -0.25) is 14.4 Å².